The van der Waals surface area contributed by atoms with E-state index >= 15 is 0 Å². The topological polar surface area (TPSA) is 42.2 Å². The monoisotopic (exact) mass is 295 g/mol. The Morgan fingerprint density at radius 3 is 2.55 bits per heavy atom. The standard InChI is InChI=1S/C18H21N3O/c1-13-19-18(20-22-13)16-5-2-14(3-6-16)4-7-17-12-15-8-10-21(17)11-9-15/h2-7,15,17H,8-12H2,1H3. The molecule has 0 amide bonds. The fourth-order valence-electron chi connectivity index (χ4n) is 3.59. The molecule has 4 heteroatoms. The zero-order valence-electron chi connectivity index (χ0n) is 12.9. The third-order valence-electron chi connectivity index (χ3n) is 4.90. The summed E-state index contributed by atoms with van der Waals surface area (Å²) in [5.41, 5.74) is 2.22. The first-order chi connectivity index (χ1) is 10.8. The van der Waals surface area contributed by atoms with Crippen LogP contribution in [-0.2, 0) is 0 Å². The van der Waals surface area contributed by atoms with E-state index < -0.39 is 0 Å². The Morgan fingerprint density at radius 1 is 1.18 bits per heavy atom. The molecule has 3 saturated heterocycles. The molecule has 0 spiro atoms. The van der Waals surface area contributed by atoms with E-state index in [-0.39, 0.29) is 0 Å². The molecule has 2 aromatic rings. The third kappa shape index (κ3) is 2.71. The van der Waals surface area contributed by atoms with Crippen molar-refractivity contribution in [3.8, 4) is 11.4 Å². The number of aromatic nitrogens is 2. The van der Waals surface area contributed by atoms with Gasteiger partial charge in [0.25, 0.3) is 0 Å². The van der Waals surface area contributed by atoms with Gasteiger partial charge in [-0.3, -0.25) is 4.90 Å². The van der Waals surface area contributed by atoms with Crippen LogP contribution in [0.5, 0.6) is 0 Å². The average molecular weight is 295 g/mol. The van der Waals surface area contributed by atoms with Crippen LogP contribution >= 0.6 is 0 Å². The van der Waals surface area contributed by atoms with E-state index in [0.29, 0.717) is 17.8 Å². The molecule has 114 valence electrons. The van der Waals surface area contributed by atoms with Crippen molar-refractivity contribution in [2.45, 2.75) is 32.2 Å². The fraction of sp³-hybridized carbons (Fsp3) is 0.444. The van der Waals surface area contributed by atoms with Gasteiger partial charge in [-0.05, 0) is 43.8 Å². The van der Waals surface area contributed by atoms with E-state index in [1.54, 1.807) is 6.92 Å². The molecule has 2 bridgehead atoms. The molecule has 0 aliphatic carbocycles. The lowest BCUT2D eigenvalue weighted by Gasteiger charge is -2.44. The lowest BCUT2D eigenvalue weighted by molar-refractivity contribution is 0.0740. The normalized spacial score (nSPS) is 27.6. The van der Waals surface area contributed by atoms with Gasteiger partial charge in [0.2, 0.25) is 11.7 Å². The van der Waals surface area contributed by atoms with Gasteiger partial charge < -0.3 is 4.52 Å². The number of hydrogen-bond donors (Lipinski definition) is 0. The first-order valence-electron chi connectivity index (χ1n) is 8.11. The van der Waals surface area contributed by atoms with Gasteiger partial charge in [-0.1, -0.05) is 41.6 Å². The van der Waals surface area contributed by atoms with Crippen LogP contribution in [0.1, 0.15) is 30.7 Å². The summed E-state index contributed by atoms with van der Waals surface area (Å²) in [7, 11) is 0. The molecular weight excluding hydrogens is 274 g/mol. The molecule has 0 radical (unpaired) electrons. The van der Waals surface area contributed by atoms with E-state index in [0.717, 1.165) is 11.5 Å². The molecule has 1 aromatic carbocycles. The molecule has 4 nitrogen and oxygen atoms in total. The predicted molar refractivity (Wildman–Crippen MR) is 86.2 cm³/mol. The summed E-state index contributed by atoms with van der Waals surface area (Å²) >= 11 is 0. The molecule has 0 N–H and O–H groups in total. The second-order valence-electron chi connectivity index (χ2n) is 6.40. The molecule has 5 rings (SSSR count). The number of fused-ring (bicyclic) bond motifs is 3. The van der Waals surface area contributed by atoms with Crippen molar-refractivity contribution in [3.63, 3.8) is 0 Å². The van der Waals surface area contributed by atoms with Crippen LogP contribution in [0.3, 0.4) is 0 Å². The van der Waals surface area contributed by atoms with E-state index in [2.05, 4.69) is 51.5 Å². The second kappa shape index (κ2) is 5.69. The largest absolute Gasteiger partial charge is 0.339 e. The van der Waals surface area contributed by atoms with Crippen LogP contribution in [0.2, 0.25) is 0 Å². The van der Waals surface area contributed by atoms with E-state index in [9.17, 15) is 0 Å². The Bertz CT molecular complexity index is 666. The molecule has 3 fully saturated rings. The summed E-state index contributed by atoms with van der Waals surface area (Å²) in [4.78, 5) is 6.87. The number of nitrogens with zero attached hydrogens (tertiary/aromatic N) is 3. The first kappa shape index (κ1) is 13.7. The van der Waals surface area contributed by atoms with Crippen molar-refractivity contribution in [2.24, 2.45) is 5.92 Å². The molecule has 3 aliphatic rings. The van der Waals surface area contributed by atoms with Crippen LogP contribution in [0.25, 0.3) is 17.5 Å². The molecule has 1 aromatic heterocycles. The van der Waals surface area contributed by atoms with Crippen molar-refractivity contribution in [2.75, 3.05) is 13.1 Å². The Kier molecular flexibility index (Phi) is 3.54. The van der Waals surface area contributed by atoms with Crippen molar-refractivity contribution in [1.82, 2.24) is 15.0 Å². The second-order valence-corrected chi connectivity index (χ2v) is 6.40. The zero-order valence-corrected chi connectivity index (χ0v) is 12.9. The van der Waals surface area contributed by atoms with E-state index in [4.69, 9.17) is 4.52 Å². The maximum Gasteiger partial charge on any atom is 0.223 e. The minimum atomic E-state index is 0.598. The van der Waals surface area contributed by atoms with Crippen molar-refractivity contribution in [1.29, 1.82) is 0 Å². The Morgan fingerprint density at radius 2 is 1.95 bits per heavy atom. The SMILES string of the molecule is Cc1nc(-c2ccc(C=CC3CC4CCN3CC4)cc2)no1. The summed E-state index contributed by atoms with van der Waals surface area (Å²) in [6, 6.07) is 8.98. The Hall–Kier alpha value is -1.94. The van der Waals surface area contributed by atoms with Gasteiger partial charge in [-0.25, -0.2) is 0 Å². The zero-order chi connectivity index (χ0) is 14.9. The summed E-state index contributed by atoms with van der Waals surface area (Å²) in [5.74, 6) is 2.20. The van der Waals surface area contributed by atoms with Crippen molar-refractivity contribution in [3.05, 3.63) is 41.8 Å². The van der Waals surface area contributed by atoms with Crippen LogP contribution < -0.4 is 0 Å². The number of rotatable bonds is 3. The summed E-state index contributed by atoms with van der Waals surface area (Å²) in [5, 5.41) is 3.95. The number of piperidine rings is 3. The van der Waals surface area contributed by atoms with Crippen LogP contribution in [0, 0.1) is 12.8 Å². The highest BCUT2D eigenvalue weighted by Crippen LogP contribution is 2.32. The number of aryl methyl sites for hydroxylation is 1. The van der Waals surface area contributed by atoms with Gasteiger partial charge in [0.15, 0.2) is 0 Å². The minimum absolute atomic E-state index is 0.598. The number of benzene rings is 1. The van der Waals surface area contributed by atoms with Crippen molar-refractivity contribution >= 4 is 6.08 Å². The van der Waals surface area contributed by atoms with E-state index in [1.807, 2.05) is 0 Å². The molecule has 3 aliphatic heterocycles. The molecule has 22 heavy (non-hydrogen) atoms. The third-order valence-corrected chi connectivity index (χ3v) is 4.90. The molecule has 0 saturated carbocycles. The van der Waals surface area contributed by atoms with Crippen LogP contribution in [-0.4, -0.2) is 34.2 Å². The molecular formula is C18H21N3O. The maximum atomic E-state index is 5.02. The molecule has 1 unspecified atom stereocenters. The minimum Gasteiger partial charge on any atom is -0.339 e. The van der Waals surface area contributed by atoms with Gasteiger partial charge >= 0.3 is 0 Å². The smallest absolute Gasteiger partial charge is 0.223 e. The number of hydrogen-bond acceptors (Lipinski definition) is 4. The lowest BCUT2D eigenvalue weighted by Crippen LogP contribution is -2.47. The van der Waals surface area contributed by atoms with Gasteiger partial charge in [-0.2, -0.15) is 4.98 Å². The molecule has 1 atom stereocenters. The highest BCUT2D eigenvalue weighted by molar-refractivity contribution is 5.59. The highest BCUT2D eigenvalue weighted by Gasteiger charge is 2.31. The van der Waals surface area contributed by atoms with Crippen LogP contribution in [0.15, 0.2) is 34.9 Å². The van der Waals surface area contributed by atoms with Gasteiger partial charge in [0, 0.05) is 18.5 Å². The summed E-state index contributed by atoms with van der Waals surface area (Å²) < 4.78 is 5.02. The first-order valence-corrected chi connectivity index (χ1v) is 8.11. The predicted octanol–water partition coefficient (Wildman–Crippen LogP) is 3.54. The lowest BCUT2D eigenvalue weighted by atomic mass is 9.83. The fourth-order valence-corrected chi connectivity index (χ4v) is 3.59. The molecule has 4 heterocycles. The van der Waals surface area contributed by atoms with Gasteiger partial charge in [-0.15, -0.1) is 0 Å². The Labute approximate surface area is 130 Å². The van der Waals surface area contributed by atoms with Gasteiger partial charge in [0.05, 0.1) is 0 Å². The maximum absolute atomic E-state index is 5.02. The van der Waals surface area contributed by atoms with Crippen LogP contribution in [0.4, 0.5) is 0 Å². The van der Waals surface area contributed by atoms with Gasteiger partial charge in [0.1, 0.15) is 0 Å². The summed E-state index contributed by atoms with van der Waals surface area (Å²) in [6.45, 7) is 4.35. The average Bonchev–Trinajstić information content (AvgIpc) is 3.01. The Balaban J connectivity index is 1.46. The highest BCUT2D eigenvalue weighted by atomic mass is 16.5. The van der Waals surface area contributed by atoms with E-state index in [1.165, 1.54) is 37.9 Å². The quantitative estimate of drug-likeness (QED) is 0.868. The van der Waals surface area contributed by atoms with Crippen molar-refractivity contribution < 1.29 is 4.52 Å². The summed E-state index contributed by atoms with van der Waals surface area (Å²) in [6.07, 6.45) is 8.73.